The highest BCUT2D eigenvalue weighted by Crippen LogP contribution is 1.90. The molecule has 1 radical (unpaired) electrons. The molecule has 2 amide bonds. The van der Waals surface area contributed by atoms with Gasteiger partial charge < -0.3 is 20.5 Å². The zero-order valence-corrected chi connectivity index (χ0v) is 9.73. The minimum atomic E-state index is -0.987. The number of hydrogen-bond donors (Lipinski definition) is 2. The molecule has 0 saturated carbocycles. The van der Waals surface area contributed by atoms with E-state index < -0.39 is 17.9 Å². The molecule has 7 nitrogen and oxygen atoms in total. The van der Waals surface area contributed by atoms with Crippen molar-refractivity contribution >= 4 is 18.1 Å². The van der Waals surface area contributed by atoms with E-state index in [2.05, 4.69) is 5.32 Å². The van der Waals surface area contributed by atoms with E-state index in [1.807, 2.05) is 0 Å². The Kier molecular flexibility index (Phi) is 8.89. The second-order valence-corrected chi connectivity index (χ2v) is 3.26. The van der Waals surface area contributed by atoms with Crippen molar-refractivity contribution in [2.45, 2.75) is 18.9 Å². The maximum Gasteiger partial charge on any atom is 0.223 e. The first-order valence-corrected chi connectivity index (χ1v) is 5.12. The monoisotopic (exact) mass is 245 g/mol. The molecule has 0 saturated heterocycles. The quantitative estimate of drug-likeness (QED) is 0.456. The summed E-state index contributed by atoms with van der Waals surface area (Å²) in [5, 5.41) is 2.31. The number of amides is 2. The van der Waals surface area contributed by atoms with Crippen LogP contribution >= 0.6 is 0 Å². The average molecular weight is 245 g/mol. The fourth-order valence-electron chi connectivity index (χ4n) is 0.999. The van der Waals surface area contributed by atoms with Gasteiger partial charge in [0.1, 0.15) is 6.04 Å². The van der Waals surface area contributed by atoms with Gasteiger partial charge in [-0.25, -0.2) is 0 Å². The highest BCUT2D eigenvalue weighted by atomic mass is 16.5. The molecule has 97 valence electrons. The van der Waals surface area contributed by atoms with Gasteiger partial charge in [0.15, 0.2) is 0 Å². The summed E-state index contributed by atoms with van der Waals surface area (Å²) in [6.45, 7) is 1.07. The second-order valence-electron chi connectivity index (χ2n) is 3.26. The lowest BCUT2D eigenvalue weighted by molar-refractivity contribution is -0.123. The molecule has 0 aromatic carbocycles. The molecule has 0 aliphatic carbocycles. The number of carbonyl (C=O) groups is 2. The van der Waals surface area contributed by atoms with E-state index in [1.54, 1.807) is 7.11 Å². The van der Waals surface area contributed by atoms with Gasteiger partial charge >= 0.3 is 0 Å². The molecule has 0 spiro atoms. The van der Waals surface area contributed by atoms with E-state index in [0.717, 1.165) is 0 Å². The van der Waals surface area contributed by atoms with E-state index >= 15 is 0 Å². The van der Waals surface area contributed by atoms with Crippen LogP contribution in [0.15, 0.2) is 0 Å². The van der Waals surface area contributed by atoms with Crippen molar-refractivity contribution < 1.29 is 23.9 Å². The molecule has 0 aliphatic rings. The Morgan fingerprint density at radius 2 is 2.06 bits per heavy atom. The molecule has 0 fully saturated rings. The van der Waals surface area contributed by atoms with Crippen molar-refractivity contribution in [1.29, 1.82) is 0 Å². The number of nitrogens with two attached hydrogens (primary N) is 1. The summed E-state index contributed by atoms with van der Waals surface area (Å²) in [6, 6.07) is -0.987. The largest absolute Gasteiger partial charge is 0.382 e. The lowest BCUT2D eigenvalue weighted by Gasteiger charge is -2.10. The third-order valence-electron chi connectivity index (χ3n) is 1.79. The lowest BCUT2D eigenvalue weighted by atomic mass is 10.2. The minimum Gasteiger partial charge on any atom is -0.382 e. The van der Waals surface area contributed by atoms with Crippen molar-refractivity contribution in [3.05, 3.63) is 0 Å². The number of hydrogen-bond acceptors (Lipinski definition) is 5. The predicted molar refractivity (Wildman–Crippen MR) is 58.7 cm³/mol. The van der Waals surface area contributed by atoms with E-state index in [-0.39, 0.29) is 19.4 Å². The fourth-order valence-corrected chi connectivity index (χ4v) is 0.999. The van der Waals surface area contributed by atoms with Crippen LogP contribution in [0.3, 0.4) is 0 Å². The molecule has 0 bridgehead atoms. The Hall–Kier alpha value is -1.47. The third-order valence-corrected chi connectivity index (χ3v) is 1.79. The first-order chi connectivity index (χ1) is 8.10. The SMILES string of the molecule is COCCOCCC(=O)N[C@@H]([C]=O)CC(N)=O. The van der Waals surface area contributed by atoms with E-state index in [0.29, 0.717) is 13.2 Å². The Morgan fingerprint density at radius 3 is 2.59 bits per heavy atom. The maximum absolute atomic E-state index is 11.3. The van der Waals surface area contributed by atoms with Gasteiger partial charge in [0.25, 0.3) is 0 Å². The van der Waals surface area contributed by atoms with Crippen LogP contribution in [-0.2, 0) is 23.9 Å². The fraction of sp³-hybridized carbons (Fsp3) is 0.700. The number of ether oxygens (including phenoxy) is 2. The molecule has 17 heavy (non-hydrogen) atoms. The van der Waals surface area contributed by atoms with Crippen LogP contribution < -0.4 is 11.1 Å². The van der Waals surface area contributed by atoms with Crippen LogP contribution in [0.5, 0.6) is 0 Å². The molecule has 7 heteroatoms. The zero-order chi connectivity index (χ0) is 13.1. The van der Waals surface area contributed by atoms with E-state index in [1.165, 1.54) is 6.29 Å². The lowest BCUT2D eigenvalue weighted by Crippen LogP contribution is -2.39. The van der Waals surface area contributed by atoms with Gasteiger partial charge in [-0.15, -0.1) is 0 Å². The number of nitrogens with one attached hydrogen (secondary N) is 1. The number of primary amides is 1. The smallest absolute Gasteiger partial charge is 0.223 e. The Labute approximate surface area is 99.6 Å². The van der Waals surface area contributed by atoms with Gasteiger partial charge in [0.05, 0.1) is 26.2 Å². The van der Waals surface area contributed by atoms with Crippen molar-refractivity contribution in [3.63, 3.8) is 0 Å². The highest BCUT2D eigenvalue weighted by molar-refractivity contribution is 5.84. The number of rotatable bonds is 10. The van der Waals surface area contributed by atoms with Gasteiger partial charge in [0, 0.05) is 13.5 Å². The van der Waals surface area contributed by atoms with Crippen molar-refractivity contribution in [1.82, 2.24) is 5.32 Å². The third kappa shape index (κ3) is 9.46. The van der Waals surface area contributed by atoms with Crippen molar-refractivity contribution in [3.8, 4) is 0 Å². The summed E-state index contributed by atoms with van der Waals surface area (Å²) in [4.78, 5) is 32.2. The van der Waals surface area contributed by atoms with Gasteiger partial charge in [-0.05, 0) is 0 Å². The van der Waals surface area contributed by atoms with E-state index in [4.69, 9.17) is 15.2 Å². The van der Waals surface area contributed by atoms with Crippen LogP contribution in [0.25, 0.3) is 0 Å². The maximum atomic E-state index is 11.3. The van der Waals surface area contributed by atoms with Crippen LogP contribution in [-0.4, -0.2) is 51.1 Å². The van der Waals surface area contributed by atoms with Gasteiger partial charge in [-0.1, -0.05) is 0 Å². The Balaban J connectivity index is 3.68. The number of carbonyl (C=O) groups excluding carboxylic acids is 3. The Bertz CT molecular complexity index is 257. The summed E-state index contributed by atoms with van der Waals surface area (Å²) in [6.07, 6.45) is 1.38. The van der Waals surface area contributed by atoms with Gasteiger partial charge in [0.2, 0.25) is 18.1 Å². The summed E-state index contributed by atoms with van der Waals surface area (Å²) < 4.78 is 9.81. The molecule has 0 aliphatic heterocycles. The first-order valence-electron chi connectivity index (χ1n) is 5.12. The topological polar surface area (TPSA) is 108 Å². The molecule has 0 aromatic rings. The predicted octanol–water partition coefficient (Wildman–Crippen LogP) is -1.49. The summed E-state index contributed by atoms with van der Waals surface area (Å²) in [5.41, 5.74) is 4.89. The van der Waals surface area contributed by atoms with Crippen LogP contribution in [0, 0.1) is 0 Å². The molecular formula is C10H17N2O5. The first kappa shape index (κ1) is 15.5. The van der Waals surface area contributed by atoms with Gasteiger partial charge in [-0.3, -0.25) is 14.4 Å². The zero-order valence-electron chi connectivity index (χ0n) is 9.73. The standard InChI is InChI=1S/C10H17N2O5/c1-16-4-5-17-3-2-10(15)12-8(7-13)6-9(11)14/h8H,2-6H2,1H3,(H2,11,14)(H,12,15)/t8-/m1/s1. The molecule has 0 heterocycles. The normalized spacial score (nSPS) is 11.8. The minimum absolute atomic E-state index is 0.0979. The van der Waals surface area contributed by atoms with Crippen LogP contribution in [0.2, 0.25) is 0 Å². The van der Waals surface area contributed by atoms with Gasteiger partial charge in [-0.2, -0.15) is 0 Å². The number of methoxy groups -OCH3 is 1. The van der Waals surface area contributed by atoms with Crippen LogP contribution in [0.4, 0.5) is 0 Å². The second kappa shape index (κ2) is 9.73. The summed E-state index contributed by atoms with van der Waals surface area (Å²) >= 11 is 0. The summed E-state index contributed by atoms with van der Waals surface area (Å²) in [7, 11) is 1.55. The molecule has 1 atom stereocenters. The molecular weight excluding hydrogens is 228 g/mol. The van der Waals surface area contributed by atoms with Crippen molar-refractivity contribution in [2.75, 3.05) is 26.9 Å². The summed E-state index contributed by atoms with van der Waals surface area (Å²) in [5.74, 6) is -1.06. The average Bonchev–Trinajstić information content (AvgIpc) is 2.27. The molecule has 3 N–H and O–H groups in total. The van der Waals surface area contributed by atoms with Crippen molar-refractivity contribution in [2.24, 2.45) is 5.73 Å². The van der Waals surface area contributed by atoms with E-state index in [9.17, 15) is 14.4 Å². The highest BCUT2D eigenvalue weighted by Gasteiger charge is 2.14. The Morgan fingerprint density at radius 1 is 1.35 bits per heavy atom. The molecule has 0 rings (SSSR count). The molecule has 0 aromatic heterocycles. The van der Waals surface area contributed by atoms with Crippen LogP contribution in [0.1, 0.15) is 12.8 Å². The molecule has 0 unspecified atom stereocenters.